The number of nitrogens with zero attached hydrogens (tertiary/aromatic N) is 3. The summed E-state index contributed by atoms with van der Waals surface area (Å²) in [5, 5.41) is 13.7. The van der Waals surface area contributed by atoms with Crippen LogP contribution in [0.3, 0.4) is 0 Å². The van der Waals surface area contributed by atoms with Crippen molar-refractivity contribution in [1.82, 2.24) is 14.9 Å². The van der Waals surface area contributed by atoms with E-state index >= 15 is 0 Å². The number of rotatable bonds is 4. The van der Waals surface area contributed by atoms with Gasteiger partial charge in [-0.1, -0.05) is 6.07 Å². The number of anilines is 1. The number of aromatic nitrogens is 2. The summed E-state index contributed by atoms with van der Waals surface area (Å²) in [5.74, 6) is -2.53. The number of nitrogens with one attached hydrogen (secondary N) is 1. The first kappa shape index (κ1) is 20.0. The van der Waals surface area contributed by atoms with E-state index in [4.69, 9.17) is 0 Å². The molecule has 4 rings (SSSR count). The van der Waals surface area contributed by atoms with Crippen LogP contribution in [0, 0.1) is 11.6 Å². The van der Waals surface area contributed by atoms with E-state index in [1.165, 1.54) is 34.8 Å². The number of aliphatic hydroxyl groups is 1. The minimum atomic E-state index is -0.774. The van der Waals surface area contributed by atoms with Gasteiger partial charge >= 0.3 is 0 Å². The molecule has 30 heavy (non-hydrogen) atoms. The molecule has 1 aromatic carbocycles. The summed E-state index contributed by atoms with van der Waals surface area (Å²) >= 11 is 0.930. The fraction of sp³-hybridized carbons (Fsp3) is 0.200. The maximum Gasteiger partial charge on any atom is 0.275 e. The lowest BCUT2D eigenvalue weighted by atomic mass is 10.2. The zero-order valence-corrected chi connectivity index (χ0v) is 16.3. The number of thiazole rings is 1. The first-order valence-corrected chi connectivity index (χ1v) is 9.94. The molecule has 0 radical (unpaired) electrons. The lowest BCUT2D eigenvalue weighted by Gasteiger charge is -2.17. The molecule has 3 heterocycles. The maximum absolute atomic E-state index is 14.0. The van der Waals surface area contributed by atoms with Crippen LogP contribution in [0.4, 0.5) is 14.5 Å². The number of amides is 2. The third kappa shape index (κ3) is 3.91. The molecule has 0 aliphatic carbocycles. The summed E-state index contributed by atoms with van der Waals surface area (Å²) in [6.07, 6.45) is 2.69. The molecule has 7 nitrogen and oxygen atoms in total. The second-order valence-electron chi connectivity index (χ2n) is 6.70. The van der Waals surface area contributed by atoms with Crippen LogP contribution in [0.25, 0.3) is 10.6 Å². The normalized spacial score (nSPS) is 16.0. The molecular formula is C20H16F2N4O3S. The van der Waals surface area contributed by atoms with Gasteiger partial charge in [0.15, 0.2) is 0 Å². The van der Waals surface area contributed by atoms with Crippen molar-refractivity contribution in [3.63, 3.8) is 0 Å². The van der Waals surface area contributed by atoms with Crippen LogP contribution in [-0.4, -0.2) is 51.0 Å². The number of pyridine rings is 1. The van der Waals surface area contributed by atoms with Crippen molar-refractivity contribution in [1.29, 1.82) is 0 Å². The van der Waals surface area contributed by atoms with Crippen molar-refractivity contribution >= 4 is 28.8 Å². The van der Waals surface area contributed by atoms with Crippen molar-refractivity contribution in [3.05, 3.63) is 64.9 Å². The van der Waals surface area contributed by atoms with Crippen LogP contribution in [0.5, 0.6) is 0 Å². The van der Waals surface area contributed by atoms with E-state index in [2.05, 4.69) is 15.3 Å². The number of hydrogen-bond donors (Lipinski definition) is 2. The van der Waals surface area contributed by atoms with E-state index < -0.39 is 23.6 Å². The van der Waals surface area contributed by atoms with Crippen molar-refractivity contribution < 1.29 is 23.5 Å². The van der Waals surface area contributed by atoms with E-state index in [0.717, 1.165) is 23.5 Å². The zero-order chi connectivity index (χ0) is 21.3. The highest BCUT2D eigenvalue weighted by Crippen LogP contribution is 2.29. The first-order valence-electron chi connectivity index (χ1n) is 9.06. The number of halogens is 2. The SMILES string of the molecule is O=C(Nc1cnccc1C(=O)N1CCC(O)C1)c1csc(-c2c(F)cccc2F)n1. The summed E-state index contributed by atoms with van der Waals surface area (Å²) < 4.78 is 27.9. The number of aliphatic hydroxyl groups excluding tert-OH is 1. The van der Waals surface area contributed by atoms with Crippen LogP contribution in [0.15, 0.2) is 42.0 Å². The van der Waals surface area contributed by atoms with Gasteiger partial charge in [0.1, 0.15) is 22.3 Å². The number of β-amino-alcohol motifs (C(OH)–C–C–N with tert-alkyl or cyclic N) is 1. The van der Waals surface area contributed by atoms with Crippen LogP contribution in [0.2, 0.25) is 0 Å². The summed E-state index contributed by atoms with van der Waals surface area (Å²) in [4.78, 5) is 34.8. The van der Waals surface area contributed by atoms with E-state index in [0.29, 0.717) is 13.0 Å². The number of carbonyl (C=O) groups is 2. The van der Waals surface area contributed by atoms with E-state index in [-0.39, 0.29) is 40.0 Å². The molecule has 1 aliphatic rings. The minimum Gasteiger partial charge on any atom is -0.391 e. The predicted molar refractivity (Wildman–Crippen MR) is 106 cm³/mol. The van der Waals surface area contributed by atoms with Gasteiger partial charge in [-0.3, -0.25) is 14.6 Å². The van der Waals surface area contributed by atoms with Gasteiger partial charge in [-0.15, -0.1) is 11.3 Å². The summed E-state index contributed by atoms with van der Waals surface area (Å²) in [5.41, 5.74) is 0.0615. The molecule has 1 atom stereocenters. The Morgan fingerprint density at radius 1 is 1.23 bits per heavy atom. The molecule has 0 spiro atoms. The molecular weight excluding hydrogens is 414 g/mol. The Morgan fingerprint density at radius 3 is 2.70 bits per heavy atom. The first-order chi connectivity index (χ1) is 14.4. The fourth-order valence-corrected chi connectivity index (χ4v) is 4.01. The Bertz CT molecular complexity index is 1100. The molecule has 1 saturated heterocycles. The molecule has 0 bridgehead atoms. The maximum atomic E-state index is 14.0. The average molecular weight is 430 g/mol. The predicted octanol–water partition coefficient (Wildman–Crippen LogP) is 2.94. The monoisotopic (exact) mass is 430 g/mol. The van der Waals surface area contributed by atoms with E-state index in [1.807, 2.05) is 0 Å². The van der Waals surface area contributed by atoms with Crippen LogP contribution in [0.1, 0.15) is 27.3 Å². The van der Waals surface area contributed by atoms with Crippen molar-refractivity contribution in [2.75, 3.05) is 18.4 Å². The van der Waals surface area contributed by atoms with Gasteiger partial charge in [0.2, 0.25) is 0 Å². The number of hydrogen-bond acceptors (Lipinski definition) is 6. The lowest BCUT2D eigenvalue weighted by Crippen LogP contribution is -2.30. The molecule has 1 unspecified atom stereocenters. The van der Waals surface area contributed by atoms with E-state index in [9.17, 15) is 23.5 Å². The highest BCUT2D eigenvalue weighted by Gasteiger charge is 2.27. The lowest BCUT2D eigenvalue weighted by molar-refractivity contribution is 0.0766. The molecule has 2 amide bonds. The van der Waals surface area contributed by atoms with Gasteiger partial charge < -0.3 is 15.3 Å². The Balaban J connectivity index is 1.56. The van der Waals surface area contributed by atoms with Crippen LogP contribution in [-0.2, 0) is 0 Å². The average Bonchev–Trinajstić information content (AvgIpc) is 3.37. The molecule has 0 saturated carbocycles. The second-order valence-corrected chi connectivity index (χ2v) is 7.56. The molecule has 2 N–H and O–H groups in total. The van der Waals surface area contributed by atoms with Gasteiger partial charge in [0, 0.05) is 24.7 Å². The number of likely N-dealkylation sites (tertiary alicyclic amines) is 1. The quantitative estimate of drug-likeness (QED) is 0.664. The van der Waals surface area contributed by atoms with Crippen molar-refractivity contribution in [2.24, 2.45) is 0 Å². The van der Waals surface area contributed by atoms with Gasteiger partial charge in [-0.2, -0.15) is 0 Å². The number of carbonyl (C=O) groups excluding carboxylic acids is 2. The highest BCUT2D eigenvalue weighted by molar-refractivity contribution is 7.13. The molecule has 2 aromatic heterocycles. The van der Waals surface area contributed by atoms with Crippen LogP contribution >= 0.6 is 11.3 Å². The highest BCUT2D eigenvalue weighted by atomic mass is 32.1. The van der Waals surface area contributed by atoms with Crippen molar-refractivity contribution in [2.45, 2.75) is 12.5 Å². The largest absolute Gasteiger partial charge is 0.391 e. The Hall–Kier alpha value is -3.24. The van der Waals surface area contributed by atoms with Crippen LogP contribution < -0.4 is 5.32 Å². The van der Waals surface area contributed by atoms with Crippen molar-refractivity contribution in [3.8, 4) is 10.6 Å². The van der Waals surface area contributed by atoms with E-state index in [1.54, 1.807) is 0 Å². The Labute approximate surface area is 174 Å². The topological polar surface area (TPSA) is 95.4 Å². The molecule has 1 aliphatic heterocycles. The third-order valence-electron chi connectivity index (χ3n) is 4.66. The smallest absolute Gasteiger partial charge is 0.275 e. The summed E-state index contributed by atoms with van der Waals surface area (Å²) in [6.45, 7) is 0.636. The van der Waals surface area contributed by atoms with Gasteiger partial charge in [-0.25, -0.2) is 13.8 Å². The zero-order valence-electron chi connectivity index (χ0n) is 15.5. The molecule has 10 heteroatoms. The molecule has 154 valence electrons. The second kappa shape index (κ2) is 8.25. The van der Waals surface area contributed by atoms with Gasteiger partial charge in [0.05, 0.1) is 29.1 Å². The summed E-state index contributed by atoms with van der Waals surface area (Å²) in [6, 6.07) is 4.95. The Morgan fingerprint density at radius 2 is 2.00 bits per heavy atom. The minimum absolute atomic E-state index is 0.0318. The number of benzene rings is 1. The van der Waals surface area contributed by atoms with Gasteiger partial charge in [-0.05, 0) is 24.6 Å². The molecule has 3 aromatic rings. The molecule has 1 fully saturated rings. The third-order valence-corrected chi connectivity index (χ3v) is 5.52. The summed E-state index contributed by atoms with van der Waals surface area (Å²) in [7, 11) is 0. The standard InChI is InChI=1S/C20H16F2N4O3S/c21-13-2-1-3-14(22)17(13)19-25-16(10-30-19)18(28)24-15-8-23-6-4-12(15)20(29)26-7-5-11(27)9-26/h1-4,6,8,10-11,27H,5,7,9H2,(H,24,28). The Kier molecular flexibility index (Phi) is 5.51. The fourth-order valence-electron chi connectivity index (χ4n) is 3.16. The van der Waals surface area contributed by atoms with Gasteiger partial charge in [0.25, 0.3) is 11.8 Å².